The third-order valence-electron chi connectivity index (χ3n) is 6.88. The van der Waals surface area contributed by atoms with E-state index in [0.29, 0.717) is 42.5 Å². The fraction of sp³-hybridized carbons (Fsp3) is 0.212. The molecular weight excluding hydrogens is 639 g/mol. The van der Waals surface area contributed by atoms with Gasteiger partial charge in [-0.2, -0.15) is 0 Å². The third-order valence-corrected chi connectivity index (χ3v) is 8.39. The van der Waals surface area contributed by atoms with Crippen LogP contribution in [-0.4, -0.2) is 34.8 Å². The number of hydrogen-bond acceptors (Lipinski definition) is 8. The number of aromatic carboxylic acids is 1. The first kappa shape index (κ1) is 32.0. The summed E-state index contributed by atoms with van der Waals surface area (Å²) in [5.41, 5.74) is 2.40. The molecule has 12 heteroatoms. The second kappa shape index (κ2) is 13.3. The van der Waals surface area contributed by atoms with Gasteiger partial charge in [-0.05, 0) is 79.9 Å². The molecule has 9 nitrogen and oxygen atoms in total. The average molecular weight is 668 g/mol. The van der Waals surface area contributed by atoms with Crippen LogP contribution in [-0.2, 0) is 16.1 Å². The van der Waals surface area contributed by atoms with E-state index in [1.807, 2.05) is 0 Å². The number of fused-ring (bicyclic) bond motifs is 1. The standard InChI is InChI=1S/C33H28Cl2N2O7S/c1-17(2)44-32(41)27-18(3)36-33-37(28(27)21-8-10-23(34)11-9-21)30(38)26(45-33)15-20-13-24(35)29(25(14-20)42-4)43-16-19-6-5-7-22(12-19)31(39)40/h5-15,17,28H,16H2,1-4H3,(H,39,40)/b26-15+/t28-/m1/s1. The van der Waals surface area contributed by atoms with Gasteiger partial charge in [0.2, 0.25) is 0 Å². The lowest BCUT2D eigenvalue weighted by atomic mass is 9.96. The highest BCUT2D eigenvalue weighted by molar-refractivity contribution is 7.07. The van der Waals surface area contributed by atoms with Crippen molar-refractivity contribution in [1.82, 2.24) is 4.57 Å². The second-order valence-electron chi connectivity index (χ2n) is 10.4. The lowest BCUT2D eigenvalue weighted by Crippen LogP contribution is -2.40. The summed E-state index contributed by atoms with van der Waals surface area (Å²) in [5.74, 6) is -1.000. The summed E-state index contributed by atoms with van der Waals surface area (Å²) in [6.07, 6.45) is 1.30. The van der Waals surface area contributed by atoms with Crippen LogP contribution in [0.5, 0.6) is 11.5 Å². The van der Waals surface area contributed by atoms with Crippen molar-refractivity contribution in [2.24, 2.45) is 4.99 Å². The highest BCUT2D eigenvalue weighted by atomic mass is 35.5. The number of carboxylic acids is 1. The van der Waals surface area contributed by atoms with Gasteiger partial charge in [-0.25, -0.2) is 14.6 Å². The fourth-order valence-corrected chi connectivity index (χ4v) is 6.33. The summed E-state index contributed by atoms with van der Waals surface area (Å²) in [7, 11) is 1.47. The zero-order chi connectivity index (χ0) is 32.4. The van der Waals surface area contributed by atoms with E-state index in [1.165, 1.54) is 35.1 Å². The van der Waals surface area contributed by atoms with Gasteiger partial charge in [0.25, 0.3) is 5.56 Å². The van der Waals surface area contributed by atoms with Gasteiger partial charge in [0, 0.05) is 5.02 Å². The van der Waals surface area contributed by atoms with Crippen LogP contribution in [0.25, 0.3) is 6.08 Å². The molecule has 5 rings (SSSR count). The van der Waals surface area contributed by atoms with Crippen LogP contribution in [0.4, 0.5) is 0 Å². The summed E-state index contributed by atoms with van der Waals surface area (Å²) in [4.78, 5) is 43.6. The molecule has 4 aromatic rings. The molecule has 1 N–H and O–H groups in total. The van der Waals surface area contributed by atoms with Gasteiger partial charge in [-0.3, -0.25) is 9.36 Å². The molecule has 0 spiro atoms. The molecule has 0 bridgehead atoms. The maximum absolute atomic E-state index is 14.0. The number of benzene rings is 3. The number of hydrogen-bond donors (Lipinski definition) is 1. The topological polar surface area (TPSA) is 116 Å². The van der Waals surface area contributed by atoms with Gasteiger partial charge >= 0.3 is 11.9 Å². The molecule has 0 amide bonds. The molecule has 1 aliphatic heterocycles. The Morgan fingerprint density at radius 2 is 1.84 bits per heavy atom. The van der Waals surface area contributed by atoms with E-state index < -0.39 is 18.0 Å². The first-order chi connectivity index (χ1) is 21.5. The number of carboxylic acid groups (broad SMARTS) is 1. The van der Waals surface area contributed by atoms with Crippen molar-refractivity contribution in [2.45, 2.75) is 39.5 Å². The van der Waals surface area contributed by atoms with Gasteiger partial charge in [-0.15, -0.1) is 0 Å². The largest absolute Gasteiger partial charge is 0.493 e. The van der Waals surface area contributed by atoms with Crippen LogP contribution in [0.2, 0.25) is 10.0 Å². The quantitative estimate of drug-likeness (QED) is 0.225. The monoisotopic (exact) mass is 666 g/mol. The SMILES string of the molecule is COc1cc(/C=c2/sc3n(c2=O)[C@H](c2ccc(Cl)cc2)C(C(=O)OC(C)C)=C(C)N=3)cc(Cl)c1OCc1cccc(C(=O)O)c1. The number of halogens is 2. The highest BCUT2D eigenvalue weighted by Crippen LogP contribution is 2.37. The summed E-state index contributed by atoms with van der Waals surface area (Å²) >= 11 is 13.9. The molecule has 1 aromatic heterocycles. The van der Waals surface area contributed by atoms with Crippen molar-refractivity contribution in [1.29, 1.82) is 0 Å². The lowest BCUT2D eigenvalue weighted by Gasteiger charge is -2.25. The van der Waals surface area contributed by atoms with Crippen molar-refractivity contribution in [3.05, 3.63) is 124 Å². The number of carbonyl (C=O) groups is 2. The average Bonchev–Trinajstić information content (AvgIpc) is 3.29. The van der Waals surface area contributed by atoms with E-state index in [1.54, 1.807) is 75.4 Å². The van der Waals surface area contributed by atoms with Crippen LogP contribution in [0.1, 0.15) is 53.9 Å². The number of ether oxygens (including phenoxy) is 3. The number of methoxy groups -OCH3 is 1. The molecule has 2 heterocycles. The van der Waals surface area contributed by atoms with Crippen molar-refractivity contribution in [2.75, 3.05) is 7.11 Å². The zero-order valence-corrected chi connectivity index (χ0v) is 27.0. The van der Waals surface area contributed by atoms with Gasteiger partial charge in [0.15, 0.2) is 16.3 Å². The van der Waals surface area contributed by atoms with E-state index in [9.17, 15) is 19.5 Å². The minimum absolute atomic E-state index is 0.0563. The Labute approximate surface area is 272 Å². The number of nitrogens with zero attached hydrogens (tertiary/aromatic N) is 2. The Balaban J connectivity index is 1.55. The zero-order valence-electron chi connectivity index (χ0n) is 24.7. The fourth-order valence-electron chi connectivity index (χ4n) is 4.88. The maximum atomic E-state index is 14.0. The summed E-state index contributed by atoms with van der Waals surface area (Å²) < 4.78 is 18.9. The second-order valence-corrected chi connectivity index (χ2v) is 12.3. The molecule has 0 saturated carbocycles. The van der Waals surface area contributed by atoms with Crippen LogP contribution in [0, 0.1) is 0 Å². The number of aromatic nitrogens is 1. The van der Waals surface area contributed by atoms with Crippen molar-refractivity contribution >= 4 is 52.6 Å². The van der Waals surface area contributed by atoms with Crippen LogP contribution in [0.15, 0.2) is 81.7 Å². The van der Waals surface area contributed by atoms with E-state index in [-0.39, 0.29) is 40.2 Å². The molecule has 0 aliphatic carbocycles. The number of carbonyl (C=O) groups excluding carboxylic acids is 1. The highest BCUT2D eigenvalue weighted by Gasteiger charge is 2.33. The molecule has 0 radical (unpaired) electrons. The number of rotatable bonds is 9. The maximum Gasteiger partial charge on any atom is 0.338 e. The Morgan fingerprint density at radius 1 is 1.11 bits per heavy atom. The molecular formula is C33H28Cl2N2O7S. The van der Waals surface area contributed by atoms with Crippen molar-refractivity contribution < 1.29 is 28.9 Å². The Hall–Kier alpha value is -4.38. The van der Waals surface area contributed by atoms with Crippen LogP contribution >= 0.6 is 34.5 Å². The number of esters is 1. The number of allylic oxidation sites excluding steroid dienone is 1. The molecule has 45 heavy (non-hydrogen) atoms. The van der Waals surface area contributed by atoms with E-state index in [2.05, 4.69) is 4.99 Å². The van der Waals surface area contributed by atoms with Gasteiger partial charge in [0.05, 0.1) is 45.6 Å². The summed E-state index contributed by atoms with van der Waals surface area (Å²) in [6.45, 7) is 5.29. The third kappa shape index (κ3) is 6.83. The molecule has 0 fully saturated rings. The molecule has 0 unspecified atom stereocenters. The molecule has 0 saturated heterocycles. The van der Waals surface area contributed by atoms with Gasteiger partial charge < -0.3 is 19.3 Å². The minimum Gasteiger partial charge on any atom is -0.493 e. The van der Waals surface area contributed by atoms with E-state index in [0.717, 1.165) is 0 Å². The van der Waals surface area contributed by atoms with Crippen LogP contribution in [0.3, 0.4) is 0 Å². The van der Waals surface area contributed by atoms with Gasteiger partial charge in [-0.1, -0.05) is 58.8 Å². The lowest BCUT2D eigenvalue weighted by molar-refractivity contribution is -0.143. The van der Waals surface area contributed by atoms with Crippen molar-refractivity contribution in [3.8, 4) is 11.5 Å². The van der Waals surface area contributed by atoms with Crippen LogP contribution < -0.4 is 24.4 Å². The predicted molar refractivity (Wildman–Crippen MR) is 172 cm³/mol. The van der Waals surface area contributed by atoms with Crippen molar-refractivity contribution in [3.63, 3.8) is 0 Å². The Bertz CT molecular complexity index is 2010. The number of thiazole rings is 1. The molecule has 1 aliphatic rings. The minimum atomic E-state index is -1.04. The smallest absolute Gasteiger partial charge is 0.338 e. The van der Waals surface area contributed by atoms with Gasteiger partial charge in [0.1, 0.15) is 6.61 Å². The Kier molecular flexibility index (Phi) is 9.48. The normalized spacial score (nSPS) is 14.6. The summed E-state index contributed by atoms with van der Waals surface area (Å²) in [5, 5.41) is 10.0. The summed E-state index contributed by atoms with van der Waals surface area (Å²) in [6, 6.07) is 15.9. The van der Waals surface area contributed by atoms with E-state index >= 15 is 0 Å². The van der Waals surface area contributed by atoms with E-state index in [4.69, 9.17) is 37.4 Å². The Morgan fingerprint density at radius 3 is 2.51 bits per heavy atom. The first-order valence-electron chi connectivity index (χ1n) is 13.8. The molecule has 1 atom stereocenters. The first-order valence-corrected chi connectivity index (χ1v) is 15.4. The molecule has 232 valence electrons. The predicted octanol–water partition coefficient (Wildman–Crippen LogP) is 5.78. The molecule has 3 aromatic carbocycles.